The smallest absolute Gasteiger partial charge is 0.0417 e. The van der Waals surface area contributed by atoms with Crippen molar-refractivity contribution in [3.63, 3.8) is 0 Å². The van der Waals surface area contributed by atoms with Crippen LogP contribution in [0.3, 0.4) is 0 Å². The second kappa shape index (κ2) is 8.97. The predicted octanol–water partition coefficient (Wildman–Crippen LogP) is 4.05. The summed E-state index contributed by atoms with van der Waals surface area (Å²) in [5, 5.41) is 7.69. The van der Waals surface area contributed by atoms with Gasteiger partial charge >= 0.3 is 0 Å². The van der Waals surface area contributed by atoms with Gasteiger partial charge in [-0.2, -0.15) is 0 Å². The largest absolute Gasteiger partial charge is 0.326 e. The molecule has 3 nitrogen and oxygen atoms in total. The van der Waals surface area contributed by atoms with Gasteiger partial charge < -0.3 is 16.4 Å². The van der Waals surface area contributed by atoms with Gasteiger partial charge in [0.2, 0.25) is 0 Å². The molecule has 25 heavy (non-hydrogen) atoms. The Labute approximate surface area is 162 Å². The van der Waals surface area contributed by atoms with E-state index in [1.807, 2.05) is 18.2 Å². The Morgan fingerprint density at radius 3 is 2.88 bits per heavy atom. The molecule has 1 saturated heterocycles. The van der Waals surface area contributed by atoms with Crippen LogP contribution in [-0.4, -0.2) is 25.2 Å². The molecule has 5 heteroatoms. The molecule has 2 atom stereocenters. The average Bonchev–Trinajstić information content (AvgIpc) is 3.00. The fourth-order valence-electron chi connectivity index (χ4n) is 3.03. The van der Waals surface area contributed by atoms with Crippen LogP contribution in [0.1, 0.15) is 23.1 Å². The predicted molar refractivity (Wildman–Crippen MR) is 111 cm³/mol. The lowest BCUT2D eigenvalue weighted by molar-refractivity contribution is 0.532. The zero-order valence-electron chi connectivity index (χ0n) is 14.0. The van der Waals surface area contributed by atoms with Gasteiger partial charge in [0, 0.05) is 41.2 Å². The molecular weight excluding hydrogens is 398 g/mol. The zero-order valence-corrected chi connectivity index (χ0v) is 16.4. The van der Waals surface area contributed by atoms with Gasteiger partial charge in [-0.25, -0.2) is 0 Å². The minimum Gasteiger partial charge on any atom is -0.326 e. The fourth-order valence-corrected chi connectivity index (χ4v) is 3.84. The normalized spacial score (nSPS) is 20.4. The third-order valence-electron chi connectivity index (χ3n) is 4.34. The summed E-state index contributed by atoms with van der Waals surface area (Å²) in [6, 6.07) is 15.2. The molecule has 0 radical (unpaired) electrons. The lowest BCUT2D eigenvalue weighted by atomic mass is 10.1. The first-order valence-corrected chi connectivity index (χ1v) is 9.69. The van der Waals surface area contributed by atoms with Crippen molar-refractivity contribution in [2.24, 2.45) is 5.73 Å². The van der Waals surface area contributed by atoms with Crippen molar-refractivity contribution in [3.05, 3.63) is 68.7 Å². The summed E-state index contributed by atoms with van der Waals surface area (Å²) in [4.78, 5) is 0. The standard InChI is InChI=1S/C20H23BrClN3/c21-20-9-17(22)7-6-16(20)5-4-14-2-1-3-15(8-14)11-24-13-19-10-18(23)12-25-19/h1-9,18-19,24-25H,10-13,23H2/b5-4+/t18-,19+/m0/s1. The van der Waals surface area contributed by atoms with E-state index < -0.39 is 0 Å². The maximum Gasteiger partial charge on any atom is 0.0417 e. The second-order valence-corrected chi connectivity index (χ2v) is 7.77. The number of hydrogen-bond donors (Lipinski definition) is 3. The van der Waals surface area contributed by atoms with Gasteiger partial charge in [-0.05, 0) is 35.2 Å². The average molecular weight is 421 g/mol. The van der Waals surface area contributed by atoms with E-state index in [4.69, 9.17) is 17.3 Å². The number of nitrogens with one attached hydrogen (secondary N) is 2. The molecule has 1 fully saturated rings. The monoisotopic (exact) mass is 419 g/mol. The SMILES string of the molecule is N[C@@H]1CN[C@@H](CNCc2cccc(/C=C/c3ccc(Cl)cc3Br)c2)C1. The van der Waals surface area contributed by atoms with E-state index in [1.165, 1.54) is 11.1 Å². The Morgan fingerprint density at radius 2 is 2.12 bits per heavy atom. The van der Waals surface area contributed by atoms with Crippen LogP contribution >= 0.6 is 27.5 Å². The number of benzene rings is 2. The van der Waals surface area contributed by atoms with E-state index in [0.29, 0.717) is 12.1 Å². The van der Waals surface area contributed by atoms with E-state index in [9.17, 15) is 0 Å². The van der Waals surface area contributed by atoms with E-state index in [1.54, 1.807) is 0 Å². The first-order valence-electron chi connectivity index (χ1n) is 8.52. The molecule has 0 amide bonds. The van der Waals surface area contributed by atoms with Gasteiger partial charge in [-0.3, -0.25) is 0 Å². The lowest BCUT2D eigenvalue weighted by Crippen LogP contribution is -2.33. The molecule has 4 N–H and O–H groups in total. The van der Waals surface area contributed by atoms with Gasteiger partial charge in [0.25, 0.3) is 0 Å². The van der Waals surface area contributed by atoms with Gasteiger partial charge in [-0.1, -0.05) is 70.0 Å². The first-order chi connectivity index (χ1) is 12.1. The maximum atomic E-state index is 5.99. The van der Waals surface area contributed by atoms with Crippen LogP contribution in [0.5, 0.6) is 0 Å². The Bertz CT molecular complexity index is 747. The maximum absolute atomic E-state index is 5.99. The molecule has 1 heterocycles. The molecular formula is C20H23BrClN3. The van der Waals surface area contributed by atoms with Crippen LogP contribution in [-0.2, 0) is 6.54 Å². The topological polar surface area (TPSA) is 50.1 Å². The molecule has 1 aliphatic heterocycles. The van der Waals surface area contributed by atoms with E-state index in [-0.39, 0.29) is 0 Å². The van der Waals surface area contributed by atoms with Gasteiger partial charge in [0.15, 0.2) is 0 Å². The van der Waals surface area contributed by atoms with Crippen LogP contribution in [0, 0.1) is 0 Å². The van der Waals surface area contributed by atoms with Crippen molar-refractivity contribution < 1.29 is 0 Å². The minimum absolute atomic E-state index is 0.299. The highest BCUT2D eigenvalue weighted by Gasteiger charge is 2.19. The molecule has 0 spiro atoms. The molecule has 0 aliphatic carbocycles. The van der Waals surface area contributed by atoms with Crippen molar-refractivity contribution in [1.29, 1.82) is 0 Å². The van der Waals surface area contributed by atoms with Crippen molar-refractivity contribution in [3.8, 4) is 0 Å². The number of halogens is 2. The second-order valence-electron chi connectivity index (χ2n) is 6.48. The Kier molecular flexibility index (Phi) is 6.68. The highest BCUT2D eigenvalue weighted by Crippen LogP contribution is 2.23. The molecule has 2 aromatic carbocycles. The highest BCUT2D eigenvalue weighted by atomic mass is 79.9. The molecule has 2 aromatic rings. The molecule has 0 aromatic heterocycles. The third-order valence-corrected chi connectivity index (χ3v) is 5.27. The molecule has 0 saturated carbocycles. The van der Waals surface area contributed by atoms with Crippen molar-refractivity contribution in [1.82, 2.24) is 10.6 Å². The van der Waals surface area contributed by atoms with Crippen molar-refractivity contribution in [2.45, 2.75) is 25.0 Å². The fraction of sp³-hybridized carbons (Fsp3) is 0.300. The molecule has 132 valence electrons. The summed E-state index contributed by atoms with van der Waals surface area (Å²) in [7, 11) is 0. The summed E-state index contributed by atoms with van der Waals surface area (Å²) in [5.74, 6) is 0. The summed E-state index contributed by atoms with van der Waals surface area (Å²) in [6.45, 7) is 2.73. The van der Waals surface area contributed by atoms with Crippen LogP contribution in [0.25, 0.3) is 12.2 Å². The Morgan fingerprint density at radius 1 is 1.24 bits per heavy atom. The molecule has 0 unspecified atom stereocenters. The number of rotatable bonds is 6. The minimum atomic E-state index is 0.299. The van der Waals surface area contributed by atoms with E-state index in [0.717, 1.165) is 41.1 Å². The van der Waals surface area contributed by atoms with Gasteiger partial charge in [0.05, 0.1) is 0 Å². The summed E-state index contributed by atoms with van der Waals surface area (Å²) < 4.78 is 0.997. The molecule has 1 aliphatic rings. The van der Waals surface area contributed by atoms with Crippen LogP contribution in [0.2, 0.25) is 5.02 Å². The number of hydrogen-bond acceptors (Lipinski definition) is 3. The first kappa shape index (κ1) is 18.6. The summed E-state index contributed by atoms with van der Waals surface area (Å²) in [5.41, 5.74) is 9.49. The van der Waals surface area contributed by atoms with Gasteiger partial charge in [-0.15, -0.1) is 0 Å². The quantitative estimate of drug-likeness (QED) is 0.618. The zero-order chi connectivity index (χ0) is 17.6. The Balaban J connectivity index is 1.56. The van der Waals surface area contributed by atoms with Crippen molar-refractivity contribution >= 4 is 39.7 Å². The lowest BCUT2D eigenvalue weighted by Gasteiger charge is -2.11. The van der Waals surface area contributed by atoms with E-state index in [2.05, 4.69) is 63.0 Å². The molecule has 3 rings (SSSR count). The number of nitrogens with two attached hydrogens (primary N) is 1. The summed E-state index contributed by atoms with van der Waals surface area (Å²) >= 11 is 9.53. The van der Waals surface area contributed by atoms with Crippen molar-refractivity contribution in [2.75, 3.05) is 13.1 Å². The van der Waals surface area contributed by atoms with E-state index >= 15 is 0 Å². The van der Waals surface area contributed by atoms with Crippen LogP contribution in [0.15, 0.2) is 46.9 Å². The Hall–Kier alpha value is -1.17. The third kappa shape index (κ3) is 5.66. The summed E-state index contributed by atoms with van der Waals surface area (Å²) in [6.07, 6.45) is 5.26. The van der Waals surface area contributed by atoms with Gasteiger partial charge in [0.1, 0.15) is 0 Å². The highest BCUT2D eigenvalue weighted by molar-refractivity contribution is 9.10. The van der Waals surface area contributed by atoms with Crippen LogP contribution < -0.4 is 16.4 Å². The molecule has 0 bridgehead atoms. The van der Waals surface area contributed by atoms with Crippen LogP contribution in [0.4, 0.5) is 0 Å².